The standard InChI is InChI=1S/3C19H17O2P.2Ir/c3*20-22(21,18-12-6-2-7-13-18,19-14-8-3-9-15-19)16-17-10-4-1-5-11-17;;/h3*1-15H,16H2;;/q3*-2;2*+3. The van der Waals surface area contributed by atoms with E-state index < -0.39 is 21.2 Å². The van der Waals surface area contributed by atoms with Crippen molar-refractivity contribution in [1.82, 2.24) is 0 Å². The third-order valence-corrected chi connectivity index (χ3v) is 22.5. The summed E-state index contributed by atoms with van der Waals surface area (Å²) in [5.41, 5.74) is 2.37. The molecule has 348 valence electrons. The van der Waals surface area contributed by atoms with E-state index in [0.29, 0.717) is 31.8 Å². The molecule has 9 aromatic carbocycles. The predicted octanol–water partition coefficient (Wildman–Crippen LogP) is 5.82. The Morgan fingerprint density at radius 3 is 0.441 bits per heavy atom. The molecule has 11 heteroatoms. The Morgan fingerprint density at radius 2 is 0.309 bits per heavy atom. The minimum atomic E-state index is -4.74. The van der Waals surface area contributed by atoms with Gasteiger partial charge in [-0.1, -0.05) is 0 Å². The van der Waals surface area contributed by atoms with Crippen molar-refractivity contribution in [3.8, 4) is 0 Å². The summed E-state index contributed by atoms with van der Waals surface area (Å²) in [6, 6.07) is 80.2. The number of rotatable bonds is 12. The summed E-state index contributed by atoms with van der Waals surface area (Å²) in [7, 11) is -14.2. The van der Waals surface area contributed by atoms with E-state index in [1.165, 1.54) is 0 Å². The molecule has 0 fully saturated rings. The van der Waals surface area contributed by atoms with Crippen LogP contribution >= 0.6 is 21.2 Å². The van der Waals surface area contributed by atoms with Crippen LogP contribution in [0.15, 0.2) is 273 Å². The Labute approximate surface area is 427 Å². The molecule has 0 amide bonds. The molecule has 9 rings (SSSR count). The molecule has 0 heterocycles. The second kappa shape index (κ2) is 23.3. The molecule has 0 bridgehead atoms. The number of hydrogen-bond donors (Lipinski definition) is 0. The van der Waals surface area contributed by atoms with Crippen molar-refractivity contribution in [2.75, 3.05) is 0 Å². The van der Waals surface area contributed by atoms with Crippen LogP contribution in [0, 0.1) is 0 Å². The zero-order valence-electron chi connectivity index (χ0n) is 37.1. The first-order chi connectivity index (χ1) is 31.8. The van der Waals surface area contributed by atoms with Crippen molar-refractivity contribution in [2.24, 2.45) is 0 Å². The van der Waals surface area contributed by atoms with E-state index in [0.717, 1.165) is 16.7 Å². The molecule has 0 unspecified atom stereocenters. The predicted molar refractivity (Wildman–Crippen MR) is 268 cm³/mol. The van der Waals surface area contributed by atoms with Gasteiger partial charge in [-0.25, -0.2) is 0 Å². The topological polar surface area (TPSA) is 138 Å². The van der Waals surface area contributed by atoms with Crippen molar-refractivity contribution in [2.45, 2.75) is 18.5 Å². The molecule has 0 N–H and O–H groups in total. The molecule has 6 nitrogen and oxygen atoms in total. The fraction of sp³-hybridized carbons (Fsp3) is 0.0526. The van der Waals surface area contributed by atoms with Gasteiger partial charge in [-0.15, -0.1) is 0 Å². The van der Waals surface area contributed by atoms with Crippen LogP contribution in [-0.2, 0) is 58.7 Å². The molecule has 0 atom stereocenters. The van der Waals surface area contributed by atoms with E-state index in [4.69, 9.17) is 0 Å². The fourth-order valence-corrected chi connectivity index (χ4v) is 17.4. The first-order valence-electron chi connectivity index (χ1n) is 21.6. The first-order valence-corrected chi connectivity index (χ1v) is 28.4. The SMILES string of the molecule is [Ir+3].[Ir+3].[O-]P([O-])(Cc1ccccc1)(c1ccccc1)c1ccccc1.[O-]P([O-])(Cc1ccccc1)(c1ccccc1)c1ccccc1.[O-]P([O-])(Cc1ccccc1)(c1ccccc1)c1ccccc1. The maximum absolute atomic E-state index is 13.8. The van der Waals surface area contributed by atoms with E-state index >= 15 is 0 Å². The van der Waals surface area contributed by atoms with Crippen molar-refractivity contribution < 1.29 is 69.6 Å². The van der Waals surface area contributed by atoms with E-state index in [-0.39, 0.29) is 58.7 Å². The monoisotopic (exact) mass is 1310 g/mol. The van der Waals surface area contributed by atoms with Gasteiger partial charge < -0.3 is 0 Å². The van der Waals surface area contributed by atoms with Crippen molar-refractivity contribution in [3.05, 3.63) is 290 Å². The molecule has 9 aromatic rings. The average Bonchev–Trinajstić information content (AvgIpc) is 3.37. The van der Waals surface area contributed by atoms with Crippen molar-refractivity contribution in [1.29, 1.82) is 0 Å². The van der Waals surface area contributed by atoms with Crippen molar-refractivity contribution in [3.63, 3.8) is 0 Å². The molecule has 0 saturated carbocycles. The molecule has 0 aliphatic carbocycles. The van der Waals surface area contributed by atoms with Gasteiger partial charge in [0, 0.05) is 0 Å². The molecule has 0 aliphatic rings. The van der Waals surface area contributed by atoms with Gasteiger partial charge in [0.1, 0.15) is 0 Å². The third-order valence-electron chi connectivity index (χ3n) is 11.6. The van der Waals surface area contributed by atoms with Crippen molar-refractivity contribution >= 4 is 53.0 Å². The summed E-state index contributed by atoms with van der Waals surface area (Å²) in [5, 5.41) is 2.19. The summed E-state index contributed by atoms with van der Waals surface area (Å²) in [5.74, 6) is 0. The van der Waals surface area contributed by atoms with Gasteiger partial charge in [0.2, 0.25) is 0 Å². The Morgan fingerprint density at radius 1 is 0.191 bits per heavy atom. The van der Waals surface area contributed by atoms with Crippen LogP contribution in [0.5, 0.6) is 0 Å². The van der Waals surface area contributed by atoms with Gasteiger partial charge in [0.05, 0.1) is 0 Å². The molecule has 68 heavy (non-hydrogen) atoms. The molecule has 0 spiro atoms. The minimum absolute atomic E-state index is 0. The second-order valence-corrected chi connectivity index (χ2v) is 27.1. The van der Waals surface area contributed by atoms with Gasteiger partial charge in [0.25, 0.3) is 0 Å². The van der Waals surface area contributed by atoms with Gasteiger partial charge in [-0.3, -0.25) is 0 Å². The molecule has 0 radical (unpaired) electrons. The van der Waals surface area contributed by atoms with Crippen LogP contribution in [0.25, 0.3) is 0 Å². The zero-order valence-corrected chi connectivity index (χ0v) is 44.5. The van der Waals surface area contributed by atoms with Gasteiger partial charge in [-0.05, 0) is 0 Å². The Hall–Kier alpha value is -4.67. The van der Waals surface area contributed by atoms with Gasteiger partial charge in [-0.2, -0.15) is 0 Å². The van der Waals surface area contributed by atoms with E-state index in [9.17, 15) is 29.4 Å². The molecule has 0 saturated heterocycles. The van der Waals surface area contributed by atoms with E-state index in [1.54, 1.807) is 146 Å². The fourth-order valence-electron chi connectivity index (χ4n) is 8.12. The zero-order chi connectivity index (χ0) is 46.5. The average molecular weight is 1310 g/mol. The number of benzene rings is 9. The van der Waals surface area contributed by atoms with Crippen LogP contribution < -0.4 is 61.2 Å². The maximum atomic E-state index is 13.8. The summed E-state index contributed by atoms with van der Waals surface area (Å²) >= 11 is 0. The third kappa shape index (κ3) is 12.6. The molecule has 0 aromatic heterocycles. The second-order valence-electron chi connectivity index (χ2n) is 16.3. The Bertz CT molecular complexity index is 2420. The quantitative estimate of drug-likeness (QED) is 0.142. The van der Waals surface area contributed by atoms with Crippen LogP contribution in [0.1, 0.15) is 16.7 Å². The Balaban J connectivity index is 0.000000188. The van der Waals surface area contributed by atoms with Crippen LogP contribution in [0.2, 0.25) is 0 Å². The van der Waals surface area contributed by atoms with Gasteiger partial charge in [0.15, 0.2) is 0 Å². The summed E-state index contributed by atoms with van der Waals surface area (Å²) in [6.45, 7) is 0. The van der Waals surface area contributed by atoms with Crippen LogP contribution in [-0.4, -0.2) is 0 Å². The van der Waals surface area contributed by atoms with E-state index in [1.807, 2.05) is 127 Å². The molecular formula is C57H51Ir2O6P3. The summed E-state index contributed by atoms with van der Waals surface area (Å²) in [6.07, 6.45) is -0.0403. The molecular weight excluding hydrogens is 1260 g/mol. The van der Waals surface area contributed by atoms with Crippen LogP contribution in [0.4, 0.5) is 0 Å². The first kappa shape index (κ1) is 54.3. The van der Waals surface area contributed by atoms with Crippen LogP contribution in [0.3, 0.4) is 0 Å². The van der Waals surface area contributed by atoms with Gasteiger partial charge >= 0.3 is 431 Å². The Kier molecular flexibility index (Phi) is 18.6. The summed E-state index contributed by atoms with van der Waals surface area (Å²) < 4.78 is 0. The van der Waals surface area contributed by atoms with E-state index in [2.05, 4.69) is 0 Å². The summed E-state index contributed by atoms with van der Waals surface area (Å²) in [4.78, 5) is 83.0. The molecule has 0 aliphatic heterocycles. The number of hydrogen-bond acceptors (Lipinski definition) is 6. The normalized spacial score (nSPS) is 12.9.